The number of nitrogens with zero attached hydrogens (tertiary/aromatic N) is 2. The fourth-order valence-corrected chi connectivity index (χ4v) is 3.63. The van der Waals surface area contributed by atoms with E-state index >= 15 is 0 Å². The molecule has 0 unspecified atom stereocenters. The summed E-state index contributed by atoms with van der Waals surface area (Å²) in [6, 6.07) is 11.8. The fourth-order valence-electron chi connectivity index (χ4n) is 3.23. The monoisotopic (exact) mass is 387 g/mol. The first-order valence-electron chi connectivity index (χ1n) is 8.34. The average molecular weight is 388 g/mol. The van der Waals surface area contributed by atoms with Crippen molar-refractivity contribution in [2.24, 2.45) is 0 Å². The molecule has 0 spiro atoms. The Morgan fingerprint density at radius 1 is 1.25 bits per heavy atom. The summed E-state index contributed by atoms with van der Waals surface area (Å²) in [4.78, 5) is 18.9. The quantitative estimate of drug-likeness (QED) is 0.860. The van der Waals surface area contributed by atoms with Crippen molar-refractivity contribution in [3.63, 3.8) is 0 Å². The number of carbonyl (C=O) groups excluding carboxylic acids is 1. The van der Waals surface area contributed by atoms with Crippen LogP contribution < -0.4 is 5.32 Å². The van der Waals surface area contributed by atoms with Crippen molar-refractivity contribution in [2.75, 3.05) is 18.4 Å². The molecular formula is C19H22BrN3O. The van der Waals surface area contributed by atoms with E-state index in [0.29, 0.717) is 5.92 Å². The molecule has 1 N–H and O–H groups in total. The molecule has 1 amide bonds. The van der Waals surface area contributed by atoms with Crippen LogP contribution in [0.3, 0.4) is 0 Å². The van der Waals surface area contributed by atoms with Crippen LogP contribution in [0.5, 0.6) is 0 Å². The van der Waals surface area contributed by atoms with Gasteiger partial charge in [-0.15, -0.1) is 0 Å². The summed E-state index contributed by atoms with van der Waals surface area (Å²) in [5.74, 6) is 0.625. The number of halogens is 1. The van der Waals surface area contributed by atoms with Crippen LogP contribution in [0.25, 0.3) is 0 Å². The maximum Gasteiger partial charge on any atom is 0.241 e. The van der Waals surface area contributed by atoms with E-state index in [0.717, 1.165) is 36.1 Å². The van der Waals surface area contributed by atoms with Crippen LogP contribution in [0.15, 0.2) is 53.3 Å². The molecule has 5 heteroatoms. The second kappa shape index (κ2) is 7.90. The van der Waals surface area contributed by atoms with Crippen molar-refractivity contribution < 1.29 is 4.79 Å². The molecule has 1 fully saturated rings. The van der Waals surface area contributed by atoms with E-state index in [-0.39, 0.29) is 11.9 Å². The van der Waals surface area contributed by atoms with Crippen molar-refractivity contribution >= 4 is 27.5 Å². The summed E-state index contributed by atoms with van der Waals surface area (Å²) in [5, 5.41) is 3.00. The van der Waals surface area contributed by atoms with E-state index in [1.807, 2.05) is 43.6 Å². The van der Waals surface area contributed by atoms with Crippen LogP contribution in [-0.2, 0) is 4.79 Å². The number of likely N-dealkylation sites (tertiary alicyclic amines) is 1. The van der Waals surface area contributed by atoms with E-state index < -0.39 is 0 Å². The SMILES string of the molecule is C[C@@H](C(=O)Nc1cccc(Br)c1)N1CCC(c2ccncc2)CC1. The molecule has 1 aliphatic rings. The summed E-state index contributed by atoms with van der Waals surface area (Å²) < 4.78 is 0.964. The zero-order chi connectivity index (χ0) is 16.9. The van der Waals surface area contributed by atoms with Gasteiger partial charge in [-0.3, -0.25) is 14.7 Å². The maximum atomic E-state index is 12.5. The van der Waals surface area contributed by atoms with Crippen LogP contribution in [0, 0.1) is 0 Å². The van der Waals surface area contributed by atoms with Crippen LogP contribution in [0.1, 0.15) is 31.2 Å². The highest BCUT2D eigenvalue weighted by Crippen LogP contribution is 2.28. The van der Waals surface area contributed by atoms with Crippen LogP contribution in [0.4, 0.5) is 5.69 Å². The third-order valence-electron chi connectivity index (χ3n) is 4.73. The number of amides is 1. The third-order valence-corrected chi connectivity index (χ3v) is 5.22. The number of anilines is 1. The number of carbonyl (C=O) groups is 1. The van der Waals surface area contributed by atoms with Crippen LogP contribution in [0.2, 0.25) is 0 Å². The van der Waals surface area contributed by atoms with Gasteiger partial charge in [0.2, 0.25) is 5.91 Å². The molecule has 3 rings (SSSR count). The summed E-state index contributed by atoms with van der Waals surface area (Å²) in [7, 11) is 0. The predicted octanol–water partition coefficient (Wildman–Crippen LogP) is 4.05. The molecule has 1 atom stereocenters. The van der Waals surface area contributed by atoms with Crippen LogP contribution >= 0.6 is 15.9 Å². The summed E-state index contributed by atoms with van der Waals surface area (Å²) in [6.45, 7) is 3.88. The molecule has 0 aliphatic carbocycles. The zero-order valence-corrected chi connectivity index (χ0v) is 15.4. The van der Waals surface area contributed by atoms with Gasteiger partial charge in [0.15, 0.2) is 0 Å². The highest BCUT2D eigenvalue weighted by Gasteiger charge is 2.27. The minimum Gasteiger partial charge on any atom is -0.325 e. The Hall–Kier alpha value is -1.72. The lowest BCUT2D eigenvalue weighted by molar-refractivity contribution is -0.121. The lowest BCUT2D eigenvalue weighted by Crippen LogP contribution is -2.45. The Morgan fingerprint density at radius 3 is 2.62 bits per heavy atom. The second-order valence-corrected chi connectivity index (χ2v) is 7.18. The Kier molecular flexibility index (Phi) is 5.63. The first-order chi connectivity index (χ1) is 11.6. The number of hydrogen-bond acceptors (Lipinski definition) is 3. The minimum atomic E-state index is -0.123. The highest BCUT2D eigenvalue weighted by atomic mass is 79.9. The number of aromatic nitrogens is 1. The van der Waals surface area contributed by atoms with Gasteiger partial charge in [-0.1, -0.05) is 22.0 Å². The molecule has 24 heavy (non-hydrogen) atoms. The van der Waals surface area contributed by atoms with Gasteiger partial charge in [-0.2, -0.15) is 0 Å². The normalized spacial score (nSPS) is 17.4. The number of piperidine rings is 1. The molecule has 1 aliphatic heterocycles. The van der Waals surface area contributed by atoms with Crippen molar-refractivity contribution in [2.45, 2.75) is 31.7 Å². The average Bonchev–Trinajstić information content (AvgIpc) is 2.62. The van der Waals surface area contributed by atoms with Gasteiger partial charge in [0.25, 0.3) is 0 Å². The van der Waals surface area contributed by atoms with E-state index in [1.165, 1.54) is 5.56 Å². The third kappa shape index (κ3) is 4.22. The summed E-state index contributed by atoms with van der Waals surface area (Å²) in [6.07, 6.45) is 5.88. The molecule has 1 aromatic heterocycles. The van der Waals surface area contributed by atoms with Gasteiger partial charge < -0.3 is 5.32 Å². The first kappa shape index (κ1) is 17.1. The summed E-state index contributed by atoms with van der Waals surface area (Å²) in [5.41, 5.74) is 2.18. The molecule has 2 aromatic rings. The number of rotatable bonds is 4. The van der Waals surface area contributed by atoms with Gasteiger partial charge in [0.1, 0.15) is 0 Å². The Balaban J connectivity index is 1.55. The summed E-state index contributed by atoms with van der Waals surface area (Å²) >= 11 is 3.43. The Bertz CT molecular complexity index is 684. The molecule has 1 saturated heterocycles. The van der Waals surface area contributed by atoms with Crippen molar-refractivity contribution in [3.05, 3.63) is 58.8 Å². The van der Waals surface area contributed by atoms with Gasteiger partial charge in [-0.25, -0.2) is 0 Å². The van der Waals surface area contributed by atoms with Crippen molar-refractivity contribution in [1.82, 2.24) is 9.88 Å². The number of pyridine rings is 1. The van der Waals surface area contributed by atoms with E-state index in [9.17, 15) is 4.79 Å². The molecule has 0 saturated carbocycles. The predicted molar refractivity (Wildman–Crippen MR) is 100 cm³/mol. The van der Waals surface area contributed by atoms with Crippen molar-refractivity contribution in [1.29, 1.82) is 0 Å². The van der Waals surface area contributed by atoms with E-state index in [2.05, 4.69) is 43.3 Å². The van der Waals surface area contributed by atoms with E-state index in [4.69, 9.17) is 0 Å². The first-order valence-corrected chi connectivity index (χ1v) is 9.13. The number of nitrogens with one attached hydrogen (secondary N) is 1. The van der Waals surface area contributed by atoms with Crippen LogP contribution in [-0.4, -0.2) is 34.9 Å². The van der Waals surface area contributed by atoms with Gasteiger partial charge in [0.05, 0.1) is 6.04 Å². The molecule has 1 aromatic carbocycles. The van der Waals surface area contributed by atoms with Gasteiger partial charge in [-0.05, 0) is 74.7 Å². The van der Waals surface area contributed by atoms with Gasteiger partial charge >= 0.3 is 0 Å². The molecule has 0 radical (unpaired) electrons. The molecule has 4 nitrogen and oxygen atoms in total. The lowest BCUT2D eigenvalue weighted by Gasteiger charge is -2.35. The van der Waals surface area contributed by atoms with Crippen molar-refractivity contribution in [3.8, 4) is 0 Å². The second-order valence-electron chi connectivity index (χ2n) is 6.27. The highest BCUT2D eigenvalue weighted by molar-refractivity contribution is 9.10. The molecule has 126 valence electrons. The maximum absolute atomic E-state index is 12.5. The number of benzene rings is 1. The topological polar surface area (TPSA) is 45.2 Å². The fraction of sp³-hybridized carbons (Fsp3) is 0.368. The zero-order valence-electron chi connectivity index (χ0n) is 13.8. The Labute approximate surface area is 151 Å². The largest absolute Gasteiger partial charge is 0.325 e. The lowest BCUT2D eigenvalue weighted by atomic mass is 9.89. The van der Waals surface area contributed by atoms with Gasteiger partial charge in [0, 0.05) is 22.6 Å². The smallest absolute Gasteiger partial charge is 0.241 e. The molecule has 2 heterocycles. The molecule has 0 bridgehead atoms. The Morgan fingerprint density at radius 2 is 1.96 bits per heavy atom. The molecular weight excluding hydrogens is 366 g/mol. The number of hydrogen-bond donors (Lipinski definition) is 1. The standard InChI is InChI=1S/C19H22BrN3O/c1-14(19(24)22-18-4-2-3-17(20)13-18)23-11-7-16(8-12-23)15-5-9-21-10-6-15/h2-6,9-10,13-14,16H,7-8,11-12H2,1H3,(H,22,24)/t14-/m0/s1. The van der Waals surface area contributed by atoms with E-state index in [1.54, 1.807) is 0 Å². The minimum absolute atomic E-state index is 0.0514.